The Kier molecular flexibility index (Phi) is 4.29. The summed E-state index contributed by atoms with van der Waals surface area (Å²) in [6.07, 6.45) is 0.0775. The Balaban J connectivity index is 2.11. The van der Waals surface area contributed by atoms with E-state index in [1.165, 1.54) is 16.7 Å². The first kappa shape index (κ1) is 16.6. The molecule has 9 heteroatoms. The van der Waals surface area contributed by atoms with Crippen molar-refractivity contribution in [3.05, 3.63) is 0 Å². The molecule has 0 aliphatic carbocycles. The fraction of sp³-hybridized carbons (Fsp3) is 0.833. The van der Waals surface area contributed by atoms with Crippen LogP contribution in [0, 0.1) is 0 Å². The topological polar surface area (TPSA) is 101 Å². The van der Waals surface area contributed by atoms with E-state index in [9.17, 15) is 23.1 Å². The van der Waals surface area contributed by atoms with Gasteiger partial charge in [0.2, 0.25) is 0 Å². The number of carboxylic acids is 1. The number of amides is 1. The summed E-state index contributed by atoms with van der Waals surface area (Å²) in [6, 6.07) is -0.960. The van der Waals surface area contributed by atoms with E-state index in [1.54, 1.807) is 13.8 Å². The first-order chi connectivity index (χ1) is 9.60. The lowest BCUT2D eigenvalue weighted by Crippen LogP contribution is -2.66. The minimum Gasteiger partial charge on any atom is -0.480 e. The standard InChI is InChI=1S/C12H19NO6S2/c1-4-5-6-21(17,18)19-7-9(14)13-8(11(15)16)12(2,3)20-10(7)13/h7-8,10H,4-6H2,1-3H3,(H,15,16)/t7-,8+,10-/m1/s1. The summed E-state index contributed by atoms with van der Waals surface area (Å²) in [5, 5.41) is 8.71. The summed E-state index contributed by atoms with van der Waals surface area (Å²) in [7, 11) is -3.76. The number of β-lactam (4-membered cyclic amide) rings is 1. The molecule has 0 bridgehead atoms. The molecule has 2 rings (SSSR count). The van der Waals surface area contributed by atoms with Gasteiger partial charge in [-0.15, -0.1) is 11.8 Å². The van der Waals surface area contributed by atoms with Crippen LogP contribution in [-0.2, 0) is 23.9 Å². The molecule has 2 aliphatic rings. The van der Waals surface area contributed by atoms with E-state index in [0.717, 1.165) is 0 Å². The van der Waals surface area contributed by atoms with Gasteiger partial charge >= 0.3 is 5.97 Å². The maximum atomic E-state index is 12.1. The molecule has 0 aromatic heterocycles. The van der Waals surface area contributed by atoms with Crippen molar-refractivity contribution in [2.45, 2.75) is 55.9 Å². The highest BCUT2D eigenvalue weighted by Crippen LogP contribution is 2.51. The number of carbonyl (C=O) groups excluding carboxylic acids is 1. The highest BCUT2D eigenvalue weighted by atomic mass is 32.2. The van der Waals surface area contributed by atoms with E-state index in [-0.39, 0.29) is 5.75 Å². The van der Waals surface area contributed by atoms with Gasteiger partial charge in [-0.05, 0) is 20.3 Å². The van der Waals surface area contributed by atoms with E-state index >= 15 is 0 Å². The summed E-state index contributed by atoms with van der Waals surface area (Å²) >= 11 is 1.27. The number of aliphatic carboxylic acids is 1. The van der Waals surface area contributed by atoms with Gasteiger partial charge in [-0.25, -0.2) is 4.79 Å². The number of nitrogens with zero attached hydrogens (tertiary/aromatic N) is 1. The molecule has 0 spiro atoms. The zero-order valence-corrected chi connectivity index (χ0v) is 13.7. The van der Waals surface area contributed by atoms with Gasteiger partial charge in [0.15, 0.2) is 6.10 Å². The average Bonchev–Trinajstić information content (AvgIpc) is 2.63. The molecule has 120 valence electrons. The van der Waals surface area contributed by atoms with Gasteiger partial charge in [0.25, 0.3) is 16.0 Å². The van der Waals surface area contributed by atoms with Crippen LogP contribution in [0.15, 0.2) is 0 Å². The van der Waals surface area contributed by atoms with Gasteiger partial charge in [0, 0.05) is 4.75 Å². The highest BCUT2D eigenvalue weighted by molar-refractivity contribution is 8.01. The van der Waals surface area contributed by atoms with Crippen LogP contribution in [0.25, 0.3) is 0 Å². The quantitative estimate of drug-likeness (QED) is 0.561. The molecule has 2 fully saturated rings. The Hall–Kier alpha value is -0.800. The molecule has 0 unspecified atom stereocenters. The lowest BCUT2D eigenvalue weighted by atomic mass is 9.97. The molecule has 2 heterocycles. The lowest BCUT2D eigenvalue weighted by molar-refractivity contribution is -0.167. The van der Waals surface area contributed by atoms with Crippen LogP contribution < -0.4 is 0 Å². The summed E-state index contributed by atoms with van der Waals surface area (Å²) < 4.78 is 27.9. The number of carbonyl (C=O) groups is 2. The normalized spacial score (nSPS) is 30.9. The number of fused-ring (bicyclic) bond motifs is 1. The molecule has 1 N–H and O–H groups in total. The smallest absolute Gasteiger partial charge is 0.327 e. The third kappa shape index (κ3) is 2.91. The van der Waals surface area contributed by atoms with Crippen molar-refractivity contribution in [3.63, 3.8) is 0 Å². The van der Waals surface area contributed by atoms with E-state index in [1.807, 2.05) is 6.92 Å². The first-order valence-electron chi connectivity index (χ1n) is 6.74. The van der Waals surface area contributed by atoms with Gasteiger partial charge in [0.1, 0.15) is 11.4 Å². The molecular formula is C12H19NO6S2. The van der Waals surface area contributed by atoms with Crippen LogP contribution in [0.5, 0.6) is 0 Å². The van der Waals surface area contributed by atoms with Crippen molar-refractivity contribution in [3.8, 4) is 0 Å². The van der Waals surface area contributed by atoms with Crippen molar-refractivity contribution >= 4 is 33.8 Å². The summed E-state index contributed by atoms with van der Waals surface area (Å²) in [5.41, 5.74) is 0. The molecule has 3 atom stereocenters. The first-order valence-corrected chi connectivity index (χ1v) is 9.20. The fourth-order valence-corrected chi connectivity index (χ4v) is 5.51. The predicted molar refractivity (Wildman–Crippen MR) is 77.3 cm³/mol. The van der Waals surface area contributed by atoms with Crippen molar-refractivity contribution in [1.82, 2.24) is 4.90 Å². The van der Waals surface area contributed by atoms with Crippen LogP contribution in [0.3, 0.4) is 0 Å². The second-order valence-electron chi connectivity index (χ2n) is 5.73. The van der Waals surface area contributed by atoms with Crippen LogP contribution in [0.2, 0.25) is 0 Å². The third-order valence-corrected chi connectivity index (χ3v) is 6.46. The molecule has 2 aliphatic heterocycles. The molecule has 0 aromatic carbocycles. The average molecular weight is 337 g/mol. The Morgan fingerprint density at radius 3 is 2.62 bits per heavy atom. The Morgan fingerprint density at radius 1 is 1.48 bits per heavy atom. The number of thioether (sulfide) groups is 1. The minimum absolute atomic E-state index is 0.129. The zero-order chi connectivity index (χ0) is 16.0. The van der Waals surface area contributed by atoms with Gasteiger partial charge in [-0.3, -0.25) is 8.98 Å². The fourth-order valence-electron chi connectivity index (χ4n) is 2.59. The van der Waals surface area contributed by atoms with E-state index < -0.39 is 44.3 Å². The van der Waals surface area contributed by atoms with Gasteiger partial charge < -0.3 is 10.0 Å². The van der Waals surface area contributed by atoms with Crippen molar-refractivity contribution < 1.29 is 27.3 Å². The maximum Gasteiger partial charge on any atom is 0.327 e. The summed E-state index contributed by atoms with van der Waals surface area (Å²) in [4.78, 5) is 24.6. The molecule has 0 aromatic rings. The second-order valence-corrected chi connectivity index (χ2v) is 9.22. The van der Waals surface area contributed by atoms with Gasteiger partial charge in [-0.1, -0.05) is 13.3 Å². The second kappa shape index (κ2) is 5.44. The molecule has 7 nitrogen and oxygen atoms in total. The summed E-state index contributed by atoms with van der Waals surface area (Å²) in [5.74, 6) is -1.78. The molecule has 0 saturated carbocycles. The molecule has 1 amide bonds. The Morgan fingerprint density at radius 2 is 2.10 bits per heavy atom. The number of carboxylic acid groups (broad SMARTS) is 1. The monoisotopic (exact) mass is 337 g/mol. The molecular weight excluding hydrogens is 318 g/mol. The molecule has 0 radical (unpaired) electrons. The van der Waals surface area contributed by atoms with Crippen molar-refractivity contribution in [2.24, 2.45) is 0 Å². The van der Waals surface area contributed by atoms with Crippen LogP contribution in [0.4, 0.5) is 0 Å². The minimum atomic E-state index is -3.76. The number of hydrogen-bond donors (Lipinski definition) is 1. The van der Waals surface area contributed by atoms with Crippen LogP contribution in [0.1, 0.15) is 33.6 Å². The van der Waals surface area contributed by atoms with Crippen LogP contribution in [-0.4, -0.2) is 58.3 Å². The Bertz CT molecular complexity index is 558. The van der Waals surface area contributed by atoms with E-state index in [2.05, 4.69) is 0 Å². The third-order valence-electron chi connectivity index (χ3n) is 3.62. The maximum absolute atomic E-state index is 12.1. The summed E-state index contributed by atoms with van der Waals surface area (Å²) in [6.45, 7) is 5.31. The van der Waals surface area contributed by atoms with Gasteiger partial charge in [0.05, 0.1) is 5.75 Å². The molecule has 2 saturated heterocycles. The Labute approximate surface area is 128 Å². The van der Waals surface area contributed by atoms with Crippen molar-refractivity contribution in [1.29, 1.82) is 0 Å². The SMILES string of the molecule is CCCCS(=O)(=O)O[C@@H]1C(=O)N2[C@@H]1SC(C)(C)[C@@H]2C(=O)O. The number of hydrogen-bond acceptors (Lipinski definition) is 6. The predicted octanol–water partition coefficient (Wildman–Crippen LogP) is 0.648. The van der Waals surface area contributed by atoms with E-state index in [0.29, 0.717) is 12.8 Å². The molecule has 21 heavy (non-hydrogen) atoms. The number of rotatable bonds is 6. The number of unbranched alkanes of at least 4 members (excludes halogenated alkanes) is 1. The zero-order valence-electron chi connectivity index (χ0n) is 12.1. The van der Waals surface area contributed by atoms with Crippen LogP contribution >= 0.6 is 11.8 Å². The van der Waals surface area contributed by atoms with E-state index in [4.69, 9.17) is 4.18 Å². The largest absolute Gasteiger partial charge is 0.480 e. The van der Waals surface area contributed by atoms with Crippen molar-refractivity contribution in [2.75, 3.05) is 5.75 Å². The van der Waals surface area contributed by atoms with Gasteiger partial charge in [-0.2, -0.15) is 8.42 Å². The lowest BCUT2D eigenvalue weighted by Gasteiger charge is -2.42. The highest BCUT2D eigenvalue weighted by Gasteiger charge is 2.65.